The standard InChI is InChI=1S/C16H16N4O3S/c1-2-23-15(22)13-12(10-19-9-8-17-16(19)24)14(21)20(18-13)11-6-4-3-5-7-11/h3-7,10H,2,8-9H2,1H3,(H,17,24)/b12-10+. The Labute approximate surface area is 144 Å². The lowest BCUT2D eigenvalue weighted by atomic mass is 10.1. The number of amides is 1. The Morgan fingerprint density at radius 1 is 1.42 bits per heavy atom. The third kappa shape index (κ3) is 3.00. The van der Waals surface area contributed by atoms with E-state index in [1.807, 2.05) is 6.07 Å². The summed E-state index contributed by atoms with van der Waals surface area (Å²) in [5.41, 5.74) is 0.735. The van der Waals surface area contributed by atoms with E-state index in [-0.39, 0.29) is 23.8 Å². The molecule has 1 saturated heterocycles. The molecule has 8 heteroatoms. The van der Waals surface area contributed by atoms with Gasteiger partial charge in [-0.1, -0.05) is 18.2 Å². The van der Waals surface area contributed by atoms with Gasteiger partial charge in [-0.15, -0.1) is 0 Å². The van der Waals surface area contributed by atoms with Gasteiger partial charge in [0.05, 0.1) is 17.9 Å². The van der Waals surface area contributed by atoms with Crippen molar-refractivity contribution in [2.45, 2.75) is 6.92 Å². The zero-order valence-electron chi connectivity index (χ0n) is 13.1. The number of nitrogens with zero attached hydrogens (tertiary/aromatic N) is 3. The minimum Gasteiger partial charge on any atom is -0.461 e. The summed E-state index contributed by atoms with van der Waals surface area (Å²) in [7, 11) is 0. The highest BCUT2D eigenvalue weighted by Crippen LogP contribution is 2.24. The normalized spacial score (nSPS) is 18.9. The van der Waals surface area contributed by atoms with E-state index in [0.717, 1.165) is 0 Å². The molecule has 0 radical (unpaired) electrons. The number of para-hydroxylation sites is 1. The van der Waals surface area contributed by atoms with Crippen molar-refractivity contribution in [1.82, 2.24) is 10.2 Å². The smallest absolute Gasteiger partial charge is 0.359 e. The van der Waals surface area contributed by atoms with Gasteiger partial charge in [-0.25, -0.2) is 4.79 Å². The van der Waals surface area contributed by atoms with Gasteiger partial charge < -0.3 is 15.0 Å². The Morgan fingerprint density at radius 2 is 2.17 bits per heavy atom. The lowest BCUT2D eigenvalue weighted by molar-refractivity contribution is -0.135. The van der Waals surface area contributed by atoms with Gasteiger partial charge in [0, 0.05) is 19.3 Å². The molecule has 7 nitrogen and oxygen atoms in total. The minimum atomic E-state index is -0.631. The molecule has 0 unspecified atom stereocenters. The van der Waals surface area contributed by atoms with Gasteiger partial charge >= 0.3 is 5.97 Å². The molecular formula is C16H16N4O3S. The third-order valence-electron chi connectivity index (χ3n) is 3.52. The van der Waals surface area contributed by atoms with Crippen molar-refractivity contribution >= 4 is 40.6 Å². The molecule has 2 aliphatic rings. The molecule has 2 heterocycles. The fourth-order valence-electron chi connectivity index (χ4n) is 2.39. The van der Waals surface area contributed by atoms with Crippen molar-refractivity contribution in [1.29, 1.82) is 0 Å². The highest BCUT2D eigenvalue weighted by molar-refractivity contribution is 7.80. The number of ether oxygens (including phenoxy) is 1. The number of thiocarbonyl (C=S) groups is 1. The van der Waals surface area contributed by atoms with Gasteiger partial charge in [-0.05, 0) is 31.3 Å². The molecule has 1 amide bonds. The van der Waals surface area contributed by atoms with E-state index >= 15 is 0 Å². The molecule has 0 bridgehead atoms. The fraction of sp³-hybridized carbons (Fsp3) is 0.250. The van der Waals surface area contributed by atoms with Crippen LogP contribution in [0.2, 0.25) is 0 Å². The number of benzene rings is 1. The molecule has 0 spiro atoms. The lowest BCUT2D eigenvalue weighted by Crippen LogP contribution is -2.28. The Balaban J connectivity index is 1.98. The van der Waals surface area contributed by atoms with Gasteiger partial charge in [0.1, 0.15) is 0 Å². The summed E-state index contributed by atoms with van der Waals surface area (Å²) in [6.45, 7) is 3.21. The van der Waals surface area contributed by atoms with Crippen LogP contribution < -0.4 is 10.3 Å². The number of carbonyl (C=O) groups is 2. The van der Waals surface area contributed by atoms with Crippen molar-refractivity contribution in [2.75, 3.05) is 24.7 Å². The van der Waals surface area contributed by atoms with E-state index in [2.05, 4.69) is 10.4 Å². The van der Waals surface area contributed by atoms with Gasteiger partial charge in [0.15, 0.2) is 10.8 Å². The van der Waals surface area contributed by atoms with Gasteiger partial charge in [-0.2, -0.15) is 10.1 Å². The molecule has 124 valence electrons. The molecule has 24 heavy (non-hydrogen) atoms. The largest absolute Gasteiger partial charge is 0.461 e. The number of anilines is 1. The summed E-state index contributed by atoms with van der Waals surface area (Å²) in [5.74, 6) is -1.02. The van der Waals surface area contributed by atoms with Crippen molar-refractivity contribution in [3.8, 4) is 0 Å². The van der Waals surface area contributed by atoms with Crippen LogP contribution in [0.25, 0.3) is 0 Å². The molecule has 1 fully saturated rings. The molecule has 0 saturated carbocycles. The molecule has 1 aromatic rings. The minimum absolute atomic E-state index is 0.0135. The number of hydrogen-bond acceptors (Lipinski definition) is 5. The van der Waals surface area contributed by atoms with Crippen molar-refractivity contribution < 1.29 is 14.3 Å². The first kappa shape index (κ1) is 16.1. The maximum absolute atomic E-state index is 12.8. The second kappa shape index (κ2) is 6.79. The number of carbonyl (C=O) groups excluding carboxylic acids is 2. The highest BCUT2D eigenvalue weighted by atomic mass is 32.1. The zero-order valence-corrected chi connectivity index (χ0v) is 13.9. The van der Waals surface area contributed by atoms with Crippen LogP contribution in [0.4, 0.5) is 5.69 Å². The van der Waals surface area contributed by atoms with Crippen LogP contribution in [-0.4, -0.2) is 47.3 Å². The van der Waals surface area contributed by atoms with E-state index in [1.165, 1.54) is 5.01 Å². The van der Waals surface area contributed by atoms with Crippen LogP contribution in [0.15, 0.2) is 47.2 Å². The van der Waals surface area contributed by atoms with Crippen LogP contribution in [0, 0.1) is 0 Å². The Hall–Kier alpha value is -2.74. The Bertz CT molecular complexity index is 745. The lowest BCUT2D eigenvalue weighted by Gasteiger charge is -2.13. The summed E-state index contributed by atoms with van der Waals surface area (Å²) in [6, 6.07) is 8.92. The predicted molar refractivity (Wildman–Crippen MR) is 93.4 cm³/mol. The Kier molecular flexibility index (Phi) is 4.57. The van der Waals surface area contributed by atoms with E-state index in [1.54, 1.807) is 42.3 Å². The summed E-state index contributed by atoms with van der Waals surface area (Å²) >= 11 is 5.18. The van der Waals surface area contributed by atoms with Crippen LogP contribution >= 0.6 is 12.2 Å². The third-order valence-corrected chi connectivity index (χ3v) is 3.90. The molecule has 1 aromatic carbocycles. The average molecular weight is 344 g/mol. The number of esters is 1. The first-order valence-electron chi connectivity index (χ1n) is 7.53. The van der Waals surface area contributed by atoms with Crippen LogP contribution in [0.3, 0.4) is 0 Å². The summed E-state index contributed by atoms with van der Waals surface area (Å²) in [5, 5.41) is 8.89. The number of hydrogen-bond donors (Lipinski definition) is 1. The Morgan fingerprint density at radius 3 is 2.79 bits per heavy atom. The summed E-state index contributed by atoms with van der Waals surface area (Å²) in [6.07, 6.45) is 1.56. The van der Waals surface area contributed by atoms with E-state index in [9.17, 15) is 9.59 Å². The number of hydrazone groups is 1. The second-order valence-electron chi connectivity index (χ2n) is 5.09. The van der Waals surface area contributed by atoms with Crippen molar-refractivity contribution in [2.24, 2.45) is 5.10 Å². The molecule has 3 rings (SSSR count). The van der Waals surface area contributed by atoms with E-state index in [0.29, 0.717) is 23.9 Å². The maximum atomic E-state index is 12.8. The van der Waals surface area contributed by atoms with Gasteiger partial charge in [-0.3, -0.25) is 4.79 Å². The highest BCUT2D eigenvalue weighted by Gasteiger charge is 2.37. The molecule has 2 aliphatic heterocycles. The van der Waals surface area contributed by atoms with Crippen LogP contribution in [-0.2, 0) is 14.3 Å². The first-order chi connectivity index (χ1) is 11.6. The molecule has 0 aliphatic carbocycles. The van der Waals surface area contributed by atoms with E-state index in [4.69, 9.17) is 17.0 Å². The van der Waals surface area contributed by atoms with Crippen LogP contribution in [0.5, 0.6) is 0 Å². The average Bonchev–Trinajstić information content (AvgIpc) is 3.13. The maximum Gasteiger partial charge on any atom is 0.359 e. The SMILES string of the molecule is CCOC(=O)C1=NN(c2ccccc2)C(=O)/C1=C/N1CCNC1=S. The molecule has 1 N–H and O–H groups in total. The van der Waals surface area contributed by atoms with Gasteiger partial charge in [0.25, 0.3) is 5.91 Å². The number of nitrogens with one attached hydrogen (secondary N) is 1. The quantitative estimate of drug-likeness (QED) is 0.500. The topological polar surface area (TPSA) is 74.2 Å². The zero-order chi connectivity index (χ0) is 17.1. The number of rotatable bonds is 4. The molecular weight excluding hydrogens is 328 g/mol. The predicted octanol–water partition coefficient (Wildman–Crippen LogP) is 1.03. The summed E-state index contributed by atoms with van der Waals surface area (Å²) < 4.78 is 5.02. The van der Waals surface area contributed by atoms with E-state index < -0.39 is 5.97 Å². The van der Waals surface area contributed by atoms with Crippen LogP contribution in [0.1, 0.15) is 6.92 Å². The molecule has 0 aromatic heterocycles. The fourth-order valence-corrected chi connectivity index (χ4v) is 2.64. The monoisotopic (exact) mass is 344 g/mol. The van der Waals surface area contributed by atoms with Crippen molar-refractivity contribution in [3.05, 3.63) is 42.1 Å². The second-order valence-corrected chi connectivity index (χ2v) is 5.48. The molecule has 0 atom stereocenters. The summed E-state index contributed by atoms with van der Waals surface area (Å²) in [4.78, 5) is 26.7. The van der Waals surface area contributed by atoms with Crippen molar-refractivity contribution in [3.63, 3.8) is 0 Å². The van der Waals surface area contributed by atoms with Gasteiger partial charge in [0.2, 0.25) is 0 Å². The first-order valence-corrected chi connectivity index (χ1v) is 7.94.